The van der Waals surface area contributed by atoms with Crippen LogP contribution in [0.25, 0.3) is 0 Å². The van der Waals surface area contributed by atoms with Gasteiger partial charge in [-0.25, -0.2) is 0 Å². The molecule has 0 bridgehead atoms. The summed E-state index contributed by atoms with van der Waals surface area (Å²) in [6.07, 6.45) is 9.02. The van der Waals surface area contributed by atoms with E-state index in [0.29, 0.717) is 0 Å². The molecule has 4 atom stereocenters. The van der Waals surface area contributed by atoms with E-state index in [2.05, 4.69) is 19.3 Å². The standard InChI is InChI=1S/C13H25N/c1-10-6-7-11-4-3-5-12(9-14-2)13(11)8-10/h10-14H,3-9H2,1-2H3. The average Bonchev–Trinajstić information content (AvgIpc) is 2.19. The molecule has 0 saturated heterocycles. The van der Waals surface area contributed by atoms with Crippen LogP contribution in [0.1, 0.15) is 45.4 Å². The maximum Gasteiger partial charge on any atom is -0.00208 e. The minimum absolute atomic E-state index is 0.987. The van der Waals surface area contributed by atoms with Crippen molar-refractivity contribution in [3.05, 3.63) is 0 Å². The molecule has 0 spiro atoms. The molecule has 2 aliphatic carbocycles. The summed E-state index contributed by atoms with van der Waals surface area (Å²) in [5.41, 5.74) is 0. The molecule has 0 amide bonds. The fourth-order valence-corrected chi connectivity index (χ4v) is 3.80. The first-order chi connectivity index (χ1) is 6.81. The lowest BCUT2D eigenvalue weighted by Gasteiger charge is -2.43. The number of rotatable bonds is 2. The number of fused-ring (bicyclic) bond motifs is 1. The summed E-state index contributed by atoms with van der Waals surface area (Å²) < 4.78 is 0. The summed E-state index contributed by atoms with van der Waals surface area (Å²) in [6.45, 7) is 3.70. The van der Waals surface area contributed by atoms with Crippen LogP contribution in [0.2, 0.25) is 0 Å². The Hall–Kier alpha value is -0.0400. The van der Waals surface area contributed by atoms with E-state index in [9.17, 15) is 0 Å². The van der Waals surface area contributed by atoms with Crippen molar-refractivity contribution >= 4 is 0 Å². The molecular formula is C13H25N. The van der Waals surface area contributed by atoms with Gasteiger partial charge in [-0.15, -0.1) is 0 Å². The van der Waals surface area contributed by atoms with Crippen LogP contribution in [0.3, 0.4) is 0 Å². The molecule has 1 heteroatoms. The highest BCUT2D eigenvalue weighted by Crippen LogP contribution is 2.45. The first-order valence-electron chi connectivity index (χ1n) is 6.46. The third-order valence-corrected chi connectivity index (χ3v) is 4.53. The molecule has 2 aliphatic rings. The van der Waals surface area contributed by atoms with E-state index in [1.54, 1.807) is 0 Å². The summed E-state index contributed by atoms with van der Waals surface area (Å²) >= 11 is 0. The predicted molar refractivity (Wildman–Crippen MR) is 61.3 cm³/mol. The summed E-state index contributed by atoms with van der Waals surface area (Å²) in [5.74, 6) is 4.12. The minimum Gasteiger partial charge on any atom is -0.319 e. The molecule has 0 heterocycles. The van der Waals surface area contributed by atoms with Gasteiger partial charge in [-0.2, -0.15) is 0 Å². The molecule has 0 aromatic rings. The fraction of sp³-hybridized carbons (Fsp3) is 1.00. The summed E-state index contributed by atoms with van der Waals surface area (Å²) in [4.78, 5) is 0. The Kier molecular flexibility index (Phi) is 3.48. The van der Waals surface area contributed by atoms with Crippen molar-refractivity contribution in [3.63, 3.8) is 0 Å². The lowest BCUT2D eigenvalue weighted by Crippen LogP contribution is -2.37. The van der Waals surface area contributed by atoms with Crippen LogP contribution in [0.5, 0.6) is 0 Å². The van der Waals surface area contributed by atoms with Gasteiger partial charge in [0.05, 0.1) is 0 Å². The van der Waals surface area contributed by atoms with Crippen molar-refractivity contribution in [2.45, 2.75) is 45.4 Å². The Morgan fingerprint density at radius 3 is 2.79 bits per heavy atom. The molecule has 2 saturated carbocycles. The van der Waals surface area contributed by atoms with Crippen molar-refractivity contribution in [1.82, 2.24) is 5.32 Å². The molecule has 0 aliphatic heterocycles. The highest BCUT2D eigenvalue weighted by molar-refractivity contribution is 4.87. The first-order valence-corrected chi connectivity index (χ1v) is 6.46. The summed E-state index contributed by atoms with van der Waals surface area (Å²) in [6, 6.07) is 0. The minimum atomic E-state index is 0.987. The molecule has 1 nitrogen and oxygen atoms in total. The molecule has 0 radical (unpaired) electrons. The Balaban J connectivity index is 1.97. The van der Waals surface area contributed by atoms with Crippen LogP contribution in [-0.2, 0) is 0 Å². The molecule has 82 valence electrons. The topological polar surface area (TPSA) is 12.0 Å². The van der Waals surface area contributed by atoms with Crippen LogP contribution in [0, 0.1) is 23.7 Å². The molecule has 2 rings (SSSR count). The van der Waals surface area contributed by atoms with Crippen molar-refractivity contribution in [1.29, 1.82) is 0 Å². The van der Waals surface area contributed by atoms with Gasteiger partial charge in [0, 0.05) is 0 Å². The Morgan fingerprint density at radius 1 is 1.14 bits per heavy atom. The van der Waals surface area contributed by atoms with E-state index in [0.717, 1.165) is 23.7 Å². The average molecular weight is 195 g/mol. The quantitative estimate of drug-likeness (QED) is 0.714. The van der Waals surface area contributed by atoms with Gasteiger partial charge in [0.15, 0.2) is 0 Å². The molecule has 0 aromatic heterocycles. The highest BCUT2D eigenvalue weighted by Gasteiger charge is 2.36. The van der Waals surface area contributed by atoms with Crippen LogP contribution in [-0.4, -0.2) is 13.6 Å². The van der Waals surface area contributed by atoms with Gasteiger partial charge in [0.25, 0.3) is 0 Å². The SMILES string of the molecule is CNCC1CCCC2CCC(C)CC21. The summed E-state index contributed by atoms with van der Waals surface area (Å²) in [7, 11) is 2.11. The molecular weight excluding hydrogens is 170 g/mol. The zero-order valence-electron chi connectivity index (χ0n) is 9.76. The van der Waals surface area contributed by atoms with E-state index in [1.165, 1.54) is 45.1 Å². The zero-order valence-corrected chi connectivity index (χ0v) is 9.76. The summed E-state index contributed by atoms with van der Waals surface area (Å²) in [5, 5.41) is 3.39. The number of hydrogen-bond donors (Lipinski definition) is 1. The number of nitrogens with one attached hydrogen (secondary N) is 1. The third-order valence-electron chi connectivity index (χ3n) is 4.53. The Labute approximate surface area is 88.7 Å². The molecule has 14 heavy (non-hydrogen) atoms. The van der Waals surface area contributed by atoms with Crippen molar-refractivity contribution < 1.29 is 0 Å². The second-order valence-corrected chi connectivity index (χ2v) is 5.59. The van der Waals surface area contributed by atoms with Crippen LogP contribution < -0.4 is 5.32 Å². The second-order valence-electron chi connectivity index (χ2n) is 5.59. The maximum atomic E-state index is 3.39. The van der Waals surface area contributed by atoms with Crippen molar-refractivity contribution in [2.24, 2.45) is 23.7 Å². The maximum absolute atomic E-state index is 3.39. The van der Waals surface area contributed by atoms with Gasteiger partial charge in [-0.05, 0) is 56.5 Å². The van der Waals surface area contributed by atoms with Gasteiger partial charge in [-0.1, -0.05) is 26.2 Å². The second kappa shape index (κ2) is 4.65. The van der Waals surface area contributed by atoms with E-state index < -0.39 is 0 Å². The Morgan fingerprint density at radius 2 is 2.00 bits per heavy atom. The smallest absolute Gasteiger partial charge is 0.00208 e. The van der Waals surface area contributed by atoms with Crippen LogP contribution in [0.15, 0.2) is 0 Å². The normalized spacial score (nSPS) is 43.3. The monoisotopic (exact) mass is 195 g/mol. The van der Waals surface area contributed by atoms with Gasteiger partial charge in [-0.3, -0.25) is 0 Å². The first kappa shape index (κ1) is 10.5. The molecule has 1 N–H and O–H groups in total. The molecule has 0 aromatic carbocycles. The zero-order chi connectivity index (χ0) is 9.97. The fourth-order valence-electron chi connectivity index (χ4n) is 3.80. The largest absolute Gasteiger partial charge is 0.319 e. The Bertz CT molecular complexity index is 176. The van der Waals surface area contributed by atoms with Crippen LogP contribution in [0.4, 0.5) is 0 Å². The number of hydrogen-bond acceptors (Lipinski definition) is 1. The lowest BCUT2D eigenvalue weighted by atomic mass is 9.63. The molecule has 4 unspecified atom stereocenters. The van der Waals surface area contributed by atoms with Gasteiger partial charge in [0.2, 0.25) is 0 Å². The van der Waals surface area contributed by atoms with Gasteiger partial charge in [0.1, 0.15) is 0 Å². The van der Waals surface area contributed by atoms with E-state index >= 15 is 0 Å². The van der Waals surface area contributed by atoms with E-state index in [1.807, 2.05) is 0 Å². The van der Waals surface area contributed by atoms with E-state index in [4.69, 9.17) is 0 Å². The van der Waals surface area contributed by atoms with Crippen molar-refractivity contribution in [3.8, 4) is 0 Å². The third kappa shape index (κ3) is 2.13. The molecule has 2 fully saturated rings. The lowest BCUT2D eigenvalue weighted by molar-refractivity contribution is 0.0793. The van der Waals surface area contributed by atoms with Crippen LogP contribution >= 0.6 is 0 Å². The van der Waals surface area contributed by atoms with E-state index in [-0.39, 0.29) is 0 Å². The van der Waals surface area contributed by atoms with Crippen molar-refractivity contribution in [2.75, 3.05) is 13.6 Å². The highest BCUT2D eigenvalue weighted by atomic mass is 14.8. The van der Waals surface area contributed by atoms with Gasteiger partial charge >= 0.3 is 0 Å². The van der Waals surface area contributed by atoms with Gasteiger partial charge < -0.3 is 5.32 Å². The predicted octanol–water partition coefficient (Wildman–Crippen LogP) is 3.06.